The van der Waals surface area contributed by atoms with E-state index in [0.717, 1.165) is 11.1 Å². The molecule has 0 heterocycles. The Morgan fingerprint density at radius 2 is 1.76 bits per heavy atom. The van der Waals surface area contributed by atoms with Crippen molar-refractivity contribution in [2.45, 2.75) is 13.8 Å². The minimum Gasteiger partial charge on any atom is -0.478 e. The van der Waals surface area contributed by atoms with E-state index in [9.17, 15) is 14.7 Å². The van der Waals surface area contributed by atoms with Crippen molar-refractivity contribution in [1.29, 1.82) is 0 Å². The minimum absolute atomic E-state index is 0.0845. The number of benzene rings is 2. The van der Waals surface area contributed by atoms with Gasteiger partial charge in [-0.25, -0.2) is 4.79 Å². The van der Waals surface area contributed by atoms with Crippen molar-refractivity contribution in [2.75, 3.05) is 5.32 Å². The summed E-state index contributed by atoms with van der Waals surface area (Å²) in [7, 11) is 0. The summed E-state index contributed by atoms with van der Waals surface area (Å²) < 4.78 is 0. The van der Waals surface area contributed by atoms with Crippen LogP contribution in [0.4, 0.5) is 5.69 Å². The lowest BCUT2D eigenvalue weighted by atomic mass is 10.0. The molecule has 0 saturated carbocycles. The number of carbonyl (C=O) groups excluding carboxylic acids is 1. The van der Waals surface area contributed by atoms with Crippen molar-refractivity contribution in [1.82, 2.24) is 0 Å². The SMILES string of the molecule is Cc1cccc(C(=O)Nc2cccc(Cl)c2C(=O)O)c1C. The molecular weight excluding hydrogens is 290 g/mol. The molecule has 1 amide bonds. The molecule has 0 aliphatic carbocycles. The van der Waals surface area contributed by atoms with Crippen LogP contribution in [-0.2, 0) is 0 Å². The second-order valence-corrected chi connectivity index (χ2v) is 5.08. The molecule has 0 saturated heterocycles. The predicted octanol–water partition coefficient (Wildman–Crippen LogP) is 3.91. The Balaban J connectivity index is 2.39. The second kappa shape index (κ2) is 5.97. The van der Waals surface area contributed by atoms with E-state index in [2.05, 4.69) is 5.32 Å². The van der Waals surface area contributed by atoms with Gasteiger partial charge >= 0.3 is 5.97 Å². The van der Waals surface area contributed by atoms with Crippen LogP contribution < -0.4 is 5.32 Å². The van der Waals surface area contributed by atoms with Gasteiger partial charge in [-0.3, -0.25) is 4.79 Å². The van der Waals surface area contributed by atoms with Crippen LogP contribution >= 0.6 is 11.6 Å². The fraction of sp³-hybridized carbons (Fsp3) is 0.125. The Bertz CT molecular complexity index is 725. The van der Waals surface area contributed by atoms with Crippen molar-refractivity contribution in [3.8, 4) is 0 Å². The van der Waals surface area contributed by atoms with E-state index in [1.165, 1.54) is 12.1 Å². The lowest BCUT2D eigenvalue weighted by molar-refractivity contribution is 0.0698. The van der Waals surface area contributed by atoms with Crippen LogP contribution in [0.5, 0.6) is 0 Å². The number of carboxylic acid groups (broad SMARTS) is 1. The first kappa shape index (κ1) is 15.1. The molecule has 0 aliphatic rings. The van der Waals surface area contributed by atoms with Gasteiger partial charge in [-0.15, -0.1) is 0 Å². The van der Waals surface area contributed by atoms with Gasteiger partial charge in [0.15, 0.2) is 0 Å². The van der Waals surface area contributed by atoms with Crippen molar-refractivity contribution < 1.29 is 14.7 Å². The van der Waals surface area contributed by atoms with E-state index in [-0.39, 0.29) is 22.2 Å². The average molecular weight is 304 g/mol. The number of halogens is 1. The van der Waals surface area contributed by atoms with Gasteiger partial charge in [-0.05, 0) is 43.2 Å². The number of amides is 1. The zero-order chi connectivity index (χ0) is 15.6. The summed E-state index contributed by atoms with van der Waals surface area (Å²) in [6, 6.07) is 9.97. The highest BCUT2D eigenvalue weighted by molar-refractivity contribution is 6.34. The molecule has 2 rings (SSSR count). The Labute approximate surface area is 127 Å². The molecule has 2 N–H and O–H groups in total. The van der Waals surface area contributed by atoms with Gasteiger partial charge in [0.25, 0.3) is 5.91 Å². The normalized spacial score (nSPS) is 10.2. The van der Waals surface area contributed by atoms with E-state index in [1.54, 1.807) is 18.2 Å². The summed E-state index contributed by atoms with van der Waals surface area (Å²) in [6.07, 6.45) is 0. The van der Waals surface area contributed by atoms with Crippen LogP contribution in [-0.4, -0.2) is 17.0 Å². The molecule has 0 atom stereocenters. The number of aromatic carboxylic acids is 1. The minimum atomic E-state index is -1.18. The van der Waals surface area contributed by atoms with Crippen LogP contribution in [0.15, 0.2) is 36.4 Å². The molecule has 5 heteroatoms. The van der Waals surface area contributed by atoms with E-state index < -0.39 is 5.97 Å². The number of nitrogens with one attached hydrogen (secondary N) is 1. The van der Waals surface area contributed by atoms with Gasteiger partial charge in [-0.1, -0.05) is 29.8 Å². The van der Waals surface area contributed by atoms with Gasteiger partial charge in [0, 0.05) is 5.56 Å². The maximum Gasteiger partial charge on any atom is 0.339 e. The molecule has 21 heavy (non-hydrogen) atoms. The van der Waals surface area contributed by atoms with Crippen LogP contribution in [0.25, 0.3) is 0 Å². The van der Waals surface area contributed by atoms with Crippen LogP contribution in [0.1, 0.15) is 31.8 Å². The number of carboxylic acids is 1. The quantitative estimate of drug-likeness (QED) is 0.903. The molecule has 2 aromatic carbocycles. The van der Waals surface area contributed by atoms with Crippen molar-refractivity contribution in [3.05, 3.63) is 63.7 Å². The first-order valence-electron chi connectivity index (χ1n) is 6.31. The fourth-order valence-corrected chi connectivity index (χ4v) is 2.29. The lowest BCUT2D eigenvalue weighted by Gasteiger charge is -2.12. The summed E-state index contributed by atoms with van der Waals surface area (Å²) in [5, 5.41) is 11.9. The standard InChI is InChI=1S/C16H14ClNO3/c1-9-5-3-6-11(10(9)2)15(19)18-13-8-4-7-12(17)14(13)16(20)21/h3-8H,1-2H3,(H,18,19)(H,20,21). The molecule has 0 spiro atoms. The first-order chi connectivity index (χ1) is 9.91. The molecule has 4 nitrogen and oxygen atoms in total. The highest BCUT2D eigenvalue weighted by Crippen LogP contribution is 2.25. The highest BCUT2D eigenvalue weighted by Gasteiger charge is 2.17. The van der Waals surface area contributed by atoms with Gasteiger partial charge in [-0.2, -0.15) is 0 Å². The second-order valence-electron chi connectivity index (χ2n) is 4.67. The zero-order valence-electron chi connectivity index (χ0n) is 11.6. The van der Waals surface area contributed by atoms with Gasteiger partial charge in [0.05, 0.1) is 10.7 Å². The van der Waals surface area contributed by atoms with E-state index in [0.29, 0.717) is 5.56 Å². The number of anilines is 1. The number of aryl methyl sites for hydroxylation is 1. The average Bonchev–Trinajstić information content (AvgIpc) is 2.41. The first-order valence-corrected chi connectivity index (χ1v) is 6.69. The van der Waals surface area contributed by atoms with Gasteiger partial charge < -0.3 is 10.4 Å². The fourth-order valence-electron chi connectivity index (χ4n) is 2.03. The monoisotopic (exact) mass is 303 g/mol. The summed E-state index contributed by atoms with van der Waals surface area (Å²) >= 11 is 5.88. The van der Waals surface area contributed by atoms with Crippen molar-refractivity contribution in [3.63, 3.8) is 0 Å². The number of hydrogen-bond acceptors (Lipinski definition) is 2. The summed E-state index contributed by atoms with van der Waals surface area (Å²) in [5.41, 5.74) is 2.42. The van der Waals surface area contributed by atoms with Crippen molar-refractivity contribution in [2.24, 2.45) is 0 Å². The predicted molar refractivity (Wildman–Crippen MR) is 82.3 cm³/mol. The Hall–Kier alpha value is -2.33. The van der Waals surface area contributed by atoms with Crippen molar-refractivity contribution >= 4 is 29.2 Å². The van der Waals surface area contributed by atoms with E-state index >= 15 is 0 Å². The molecule has 0 fully saturated rings. The molecule has 0 bridgehead atoms. The molecule has 108 valence electrons. The van der Waals surface area contributed by atoms with Crippen LogP contribution in [0, 0.1) is 13.8 Å². The molecule has 0 aliphatic heterocycles. The Kier molecular flexibility index (Phi) is 4.29. The van der Waals surface area contributed by atoms with Gasteiger partial charge in [0.2, 0.25) is 0 Å². The molecule has 2 aromatic rings. The largest absolute Gasteiger partial charge is 0.478 e. The third-order valence-corrected chi connectivity index (χ3v) is 3.64. The third kappa shape index (κ3) is 3.06. The highest BCUT2D eigenvalue weighted by atomic mass is 35.5. The summed E-state index contributed by atoms with van der Waals surface area (Å²) in [6.45, 7) is 3.76. The summed E-state index contributed by atoms with van der Waals surface area (Å²) in [4.78, 5) is 23.6. The third-order valence-electron chi connectivity index (χ3n) is 3.32. The van der Waals surface area contributed by atoms with E-state index in [1.807, 2.05) is 19.9 Å². The molecule has 0 unspecified atom stereocenters. The maximum absolute atomic E-state index is 12.3. The smallest absolute Gasteiger partial charge is 0.339 e. The number of carbonyl (C=O) groups is 2. The Morgan fingerprint density at radius 1 is 1.10 bits per heavy atom. The van der Waals surface area contributed by atoms with E-state index in [4.69, 9.17) is 11.6 Å². The Morgan fingerprint density at radius 3 is 2.43 bits per heavy atom. The molecular formula is C16H14ClNO3. The van der Waals surface area contributed by atoms with Crippen LogP contribution in [0.2, 0.25) is 5.02 Å². The maximum atomic E-state index is 12.3. The topological polar surface area (TPSA) is 66.4 Å². The number of hydrogen-bond donors (Lipinski definition) is 2. The lowest BCUT2D eigenvalue weighted by Crippen LogP contribution is -2.16. The zero-order valence-corrected chi connectivity index (χ0v) is 12.4. The molecule has 0 radical (unpaired) electrons. The number of rotatable bonds is 3. The van der Waals surface area contributed by atoms with Gasteiger partial charge in [0.1, 0.15) is 5.56 Å². The molecule has 0 aromatic heterocycles. The summed E-state index contributed by atoms with van der Waals surface area (Å²) in [5.74, 6) is -1.54. The van der Waals surface area contributed by atoms with Crippen LogP contribution in [0.3, 0.4) is 0 Å².